The molecule has 1 saturated carbocycles. The van der Waals surface area contributed by atoms with E-state index in [0.29, 0.717) is 19.3 Å². The van der Waals surface area contributed by atoms with Crippen LogP contribution in [0.2, 0.25) is 0 Å². The number of halogens is 1. The highest BCUT2D eigenvalue weighted by Crippen LogP contribution is 2.44. The number of unbranched alkanes of at least 4 members (excludes halogenated alkanes) is 1. The normalized spacial score (nSPS) is 17.7. The zero-order valence-corrected chi connectivity index (χ0v) is 15.5. The summed E-state index contributed by atoms with van der Waals surface area (Å²) in [6, 6.07) is 6.37. The van der Waals surface area contributed by atoms with Gasteiger partial charge in [-0.1, -0.05) is 38.3 Å². The number of rotatable bonds is 9. The summed E-state index contributed by atoms with van der Waals surface area (Å²) < 4.78 is 18.4. The van der Waals surface area contributed by atoms with Gasteiger partial charge < -0.3 is 15.2 Å². The molecule has 0 saturated heterocycles. The highest BCUT2D eigenvalue weighted by molar-refractivity contribution is 5.83. The van der Waals surface area contributed by atoms with Gasteiger partial charge in [0.1, 0.15) is 11.4 Å². The SMILES string of the molecule is CCCC[C@](C)(NC(=O)OCC1(Cc2ccc(F)cc2)CCC1)C(=O)O. The Kier molecular flexibility index (Phi) is 6.62. The molecule has 1 aliphatic carbocycles. The first-order valence-electron chi connectivity index (χ1n) is 9.21. The summed E-state index contributed by atoms with van der Waals surface area (Å²) in [6.07, 6.45) is 4.86. The van der Waals surface area contributed by atoms with Crippen LogP contribution in [0.5, 0.6) is 0 Å². The second-order valence-electron chi connectivity index (χ2n) is 7.60. The molecule has 0 heterocycles. The zero-order chi connectivity index (χ0) is 19.2. The fourth-order valence-corrected chi connectivity index (χ4v) is 3.32. The van der Waals surface area contributed by atoms with E-state index in [-0.39, 0.29) is 17.8 Å². The molecule has 26 heavy (non-hydrogen) atoms. The maximum Gasteiger partial charge on any atom is 0.408 e. The van der Waals surface area contributed by atoms with Crippen molar-refractivity contribution in [3.63, 3.8) is 0 Å². The van der Waals surface area contributed by atoms with Crippen molar-refractivity contribution in [2.45, 2.75) is 64.3 Å². The van der Waals surface area contributed by atoms with Gasteiger partial charge in [-0.05, 0) is 50.3 Å². The molecule has 1 aliphatic rings. The van der Waals surface area contributed by atoms with Crippen LogP contribution in [-0.4, -0.2) is 29.3 Å². The number of nitrogens with one attached hydrogen (secondary N) is 1. The molecule has 1 aromatic carbocycles. The highest BCUT2D eigenvalue weighted by atomic mass is 19.1. The maximum atomic E-state index is 13.1. The summed E-state index contributed by atoms with van der Waals surface area (Å²) in [5, 5.41) is 11.9. The van der Waals surface area contributed by atoms with Gasteiger partial charge in [0.2, 0.25) is 0 Å². The van der Waals surface area contributed by atoms with Crippen molar-refractivity contribution < 1.29 is 23.8 Å². The minimum atomic E-state index is -1.32. The third kappa shape index (κ3) is 5.19. The molecule has 144 valence electrons. The van der Waals surface area contributed by atoms with Gasteiger partial charge in [-0.2, -0.15) is 0 Å². The van der Waals surface area contributed by atoms with Crippen LogP contribution in [0.15, 0.2) is 24.3 Å². The number of aliphatic carboxylic acids is 1. The lowest BCUT2D eigenvalue weighted by Gasteiger charge is -2.41. The summed E-state index contributed by atoms with van der Waals surface area (Å²) in [7, 11) is 0. The molecule has 6 heteroatoms. The largest absolute Gasteiger partial charge is 0.480 e. The second kappa shape index (κ2) is 8.52. The Labute approximate surface area is 153 Å². The lowest BCUT2D eigenvalue weighted by Crippen LogP contribution is -2.53. The van der Waals surface area contributed by atoms with Gasteiger partial charge in [0, 0.05) is 5.41 Å². The lowest BCUT2D eigenvalue weighted by atomic mass is 9.66. The van der Waals surface area contributed by atoms with Crippen molar-refractivity contribution in [1.29, 1.82) is 0 Å². The Morgan fingerprint density at radius 1 is 1.31 bits per heavy atom. The maximum absolute atomic E-state index is 13.1. The molecular formula is C20H28FNO4. The van der Waals surface area contributed by atoms with Gasteiger partial charge in [-0.25, -0.2) is 14.0 Å². The first kappa shape index (κ1) is 20.2. The van der Waals surface area contributed by atoms with E-state index in [1.165, 1.54) is 19.1 Å². The van der Waals surface area contributed by atoms with E-state index < -0.39 is 17.6 Å². The Morgan fingerprint density at radius 3 is 2.46 bits per heavy atom. The quantitative estimate of drug-likeness (QED) is 0.684. The first-order valence-corrected chi connectivity index (χ1v) is 9.21. The van der Waals surface area contributed by atoms with Crippen molar-refractivity contribution in [1.82, 2.24) is 5.32 Å². The van der Waals surface area contributed by atoms with Crippen molar-refractivity contribution >= 4 is 12.1 Å². The van der Waals surface area contributed by atoms with Gasteiger partial charge in [0.15, 0.2) is 0 Å². The summed E-state index contributed by atoms with van der Waals surface area (Å²) in [5.74, 6) is -1.33. The first-order chi connectivity index (χ1) is 12.3. The van der Waals surface area contributed by atoms with Gasteiger partial charge in [0.05, 0.1) is 6.61 Å². The van der Waals surface area contributed by atoms with Crippen LogP contribution in [0.4, 0.5) is 9.18 Å². The van der Waals surface area contributed by atoms with Gasteiger partial charge in [-0.15, -0.1) is 0 Å². The van der Waals surface area contributed by atoms with Crippen molar-refractivity contribution in [3.05, 3.63) is 35.6 Å². The predicted molar refractivity (Wildman–Crippen MR) is 96.4 cm³/mol. The number of carbonyl (C=O) groups excluding carboxylic acids is 1. The van der Waals surface area contributed by atoms with Crippen LogP contribution in [0.3, 0.4) is 0 Å². The minimum Gasteiger partial charge on any atom is -0.480 e. The van der Waals surface area contributed by atoms with Crippen molar-refractivity contribution in [2.24, 2.45) is 5.41 Å². The summed E-state index contributed by atoms with van der Waals surface area (Å²) in [6.45, 7) is 3.71. The van der Waals surface area contributed by atoms with Crippen LogP contribution in [0.25, 0.3) is 0 Å². The molecule has 0 aliphatic heterocycles. The van der Waals surface area contributed by atoms with Crippen LogP contribution < -0.4 is 5.32 Å². The van der Waals surface area contributed by atoms with Gasteiger partial charge in [-0.3, -0.25) is 0 Å². The Bertz CT molecular complexity index is 627. The molecule has 0 radical (unpaired) electrons. The van der Waals surface area contributed by atoms with E-state index in [1.807, 2.05) is 6.92 Å². The fraction of sp³-hybridized carbons (Fsp3) is 0.600. The number of carboxylic acid groups (broad SMARTS) is 1. The third-order valence-corrected chi connectivity index (χ3v) is 5.30. The molecule has 2 rings (SSSR count). The molecule has 0 spiro atoms. The average Bonchev–Trinajstić information content (AvgIpc) is 2.57. The Hall–Kier alpha value is -2.11. The van der Waals surface area contributed by atoms with E-state index in [2.05, 4.69) is 5.32 Å². The van der Waals surface area contributed by atoms with Crippen LogP contribution in [-0.2, 0) is 16.0 Å². The third-order valence-electron chi connectivity index (χ3n) is 5.30. The number of carbonyl (C=O) groups is 2. The smallest absolute Gasteiger partial charge is 0.408 e. The minimum absolute atomic E-state index is 0.141. The molecule has 1 fully saturated rings. The number of ether oxygens (including phenoxy) is 1. The molecule has 0 bridgehead atoms. The molecule has 0 aromatic heterocycles. The number of carboxylic acids is 1. The monoisotopic (exact) mass is 365 g/mol. The Balaban J connectivity index is 1.91. The molecule has 2 N–H and O–H groups in total. The second-order valence-corrected chi connectivity index (χ2v) is 7.60. The summed E-state index contributed by atoms with van der Waals surface area (Å²) in [5.41, 5.74) is -0.455. The molecular weight excluding hydrogens is 337 g/mol. The van der Waals surface area contributed by atoms with E-state index in [4.69, 9.17) is 4.74 Å². The molecule has 5 nitrogen and oxygen atoms in total. The number of benzene rings is 1. The van der Waals surface area contributed by atoms with Gasteiger partial charge >= 0.3 is 12.1 Å². The topological polar surface area (TPSA) is 75.6 Å². The lowest BCUT2D eigenvalue weighted by molar-refractivity contribution is -0.144. The number of hydrogen-bond acceptors (Lipinski definition) is 3. The molecule has 1 amide bonds. The van der Waals surface area contributed by atoms with Crippen LogP contribution >= 0.6 is 0 Å². The van der Waals surface area contributed by atoms with Gasteiger partial charge in [0.25, 0.3) is 0 Å². The summed E-state index contributed by atoms with van der Waals surface area (Å²) in [4.78, 5) is 23.7. The molecule has 0 unspecified atom stereocenters. The zero-order valence-electron chi connectivity index (χ0n) is 15.5. The number of alkyl carbamates (subject to hydrolysis) is 1. The van der Waals surface area contributed by atoms with Crippen LogP contribution in [0, 0.1) is 11.2 Å². The number of hydrogen-bond donors (Lipinski definition) is 2. The van der Waals surface area contributed by atoms with E-state index >= 15 is 0 Å². The van der Waals surface area contributed by atoms with E-state index in [1.54, 1.807) is 12.1 Å². The van der Waals surface area contributed by atoms with Crippen molar-refractivity contribution in [3.8, 4) is 0 Å². The molecule has 1 atom stereocenters. The van der Waals surface area contributed by atoms with E-state index in [9.17, 15) is 19.1 Å². The standard InChI is InChI=1S/C20H28FNO4/c1-3-4-10-19(2,17(23)24)22-18(25)26-14-20(11-5-12-20)13-15-6-8-16(21)9-7-15/h6-9H,3-5,10-14H2,1-2H3,(H,22,25)(H,23,24)/t19-/m0/s1. The summed E-state index contributed by atoms with van der Waals surface area (Å²) >= 11 is 0. The van der Waals surface area contributed by atoms with Crippen molar-refractivity contribution in [2.75, 3.05) is 6.61 Å². The van der Waals surface area contributed by atoms with Crippen LogP contribution in [0.1, 0.15) is 57.9 Å². The van der Waals surface area contributed by atoms with E-state index in [0.717, 1.165) is 31.2 Å². The average molecular weight is 365 g/mol. The Morgan fingerprint density at radius 2 is 1.96 bits per heavy atom. The number of amides is 1. The fourth-order valence-electron chi connectivity index (χ4n) is 3.32. The molecule has 1 aromatic rings. The predicted octanol–water partition coefficient (Wildman–Crippen LogP) is 4.30. The highest BCUT2D eigenvalue weighted by Gasteiger charge is 2.40.